The summed E-state index contributed by atoms with van der Waals surface area (Å²) in [5, 5.41) is 3.26. The van der Waals surface area contributed by atoms with Gasteiger partial charge in [0.1, 0.15) is 12.0 Å². The van der Waals surface area contributed by atoms with Gasteiger partial charge in [-0.1, -0.05) is 26.7 Å². The molecule has 0 aliphatic heterocycles. The Labute approximate surface area is 110 Å². The van der Waals surface area contributed by atoms with E-state index >= 15 is 0 Å². The van der Waals surface area contributed by atoms with Crippen LogP contribution >= 0.6 is 0 Å². The minimum absolute atomic E-state index is 0.646. The Morgan fingerprint density at radius 2 is 1.94 bits per heavy atom. The molecule has 18 heavy (non-hydrogen) atoms. The minimum Gasteiger partial charge on any atom is -0.393 e. The highest BCUT2D eigenvalue weighted by Gasteiger charge is 2.11. The lowest BCUT2D eigenvalue weighted by Gasteiger charge is -2.20. The normalized spacial score (nSPS) is 10.4. The summed E-state index contributed by atoms with van der Waals surface area (Å²) < 4.78 is 0. The molecule has 1 aromatic rings. The number of nitrogens with two attached hydrogens (primary N) is 1. The van der Waals surface area contributed by atoms with E-state index in [1.54, 1.807) is 6.33 Å². The molecule has 0 saturated heterocycles. The molecule has 0 aliphatic carbocycles. The number of anilines is 3. The number of nitrogens with one attached hydrogen (secondary N) is 1. The van der Waals surface area contributed by atoms with Crippen molar-refractivity contribution in [3.63, 3.8) is 0 Å². The number of nitrogens with zero attached hydrogens (tertiary/aromatic N) is 3. The molecule has 0 radical (unpaired) electrons. The molecule has 0 bridgehead atoms. The van der Waals surface area contributed by atoms with Crippen LogP contribution in [-0.4, -0.2) is 30.1 Å². The Bertz CT molecular complexity index is 353. The van der Waals surface area contributed by atoms with Gasteiger partial charge in [-0.15, -0.1) is 0 Å². The molecule has 0 fully saturated rings. The van der Waals surface area contributed by atoms with E-state index in [1.165, 1.54) is 0 Å². The highest BCUT2D eigenvalue weighted by Crippen LogP contribution is 2.25. The summed E-state index contributed by atoms with van der Waals surface area (Å²) in [6.07, 6.45) is 6.14. The van der Waals surface area contributed by atoms with E-state index in [4.69, 9.17) is 5.73 Å². The molecular formula is C13H25N5. The van der Waals surface area contributed by atoms with Crippen molar-refractivity contribution in [1.29, 1.82) is 0 Å². The zero-order valence-electron chi connectivity index (χ0n) is 11.7. The third kappa shape index (κ3) is 4.05. The fourth-order valence-corrected chi connectivity index (χ4v) is 1.72. The molecule has 5 heteroatoms. The van der Waals surface area contributed by atoms with Crippen molar-refractivity contribution in [2.45, 2.75) is 39.5 Å². The molecule has 1 heterocycles. The van der Waals surface area contributed by atoms with E-state index in [2.05, 4.69) is 34.0 Å². The zero-order valence-corrected chi connectivity index (χ0v) is 11.7. The summed E-state index contributed by atoms with van der Waals surface area (Å²) in [6, 6.07) is 0. The van der Waals surface area contributed by atoms with Crippen molar-refractivity contribution in [2.75, 3.05) is 36.1 Å². The Kier molecular flexibility index (Phi) is 6.25. The van der Waals surface area contributed by atoms with Crippen molar-refractivity contribution < 1.29 is 0 Å². The molecule has 0 unspecified atom stereocenters. The van der Waals surface area contributed by atoms with Crippen LogP contribution in [0.15, 0.2) is 6.33 Å². The molecule has 102 valence electrons. The second kappa shape index (κ2) is 7.74. The molecule has 0 spiro atoms. The van der Waals surface area contributed by atoms with Crippen LogP contribution in [0.1, 0.15) is 39.5 Å². The lowest BCUT2D eigenvalue weighted by molar-refractivity contribution is 0.759. The fourth-order valence-electron chi connectivity index (χ4n) is 1.72. The van der Waals surface area contributed by atoms with Crippen LogP contribution in [0.25, 0.3) is 0 Å². The second-order valence-electron chi connectivity index (χ2n) is 4.51. The van der Waals surface area contributed by atoms with Crippen LogP contribution in [0.5, 0.6) is 0 Å². The molecule has 1 aromatic heterocycles. The zero-order chi connectivity index (χ0) is 13.4. The van der Waals surface area contributed by atoms with E-state index in [-0.39, 0.29) is 0 Å². The smallest absolute Gasteiger partial charge is 0.157 e. The van der Waals surface area contributed by atoms with E-state index in [1.807, 2.05) is 7.05 Å². The number of hydrogen-bond acceptors (Lipinski definition) is 5. The molecule has 5 nitrogen and oxygen atoms in total. The standard InChI is InChI=1S/C13H25N5/c1-4-6-8-15-12-11(14)13(17-10-16-12)18(3)9-7-5-2/h10H,4-9,14H2,1-3H3,(H,15,16,17). The summed E-state index contributed by atoms with van der Waals surface area (Å²) in [4.78, 5) is 10.6. The maximum Gasteiger partial charge on any atom is 0.157 e. The summed E-state index contributed by atoms with van der Waals surface area (Å²) in [6.45, 7) is 6.20. The van der Waals surface area contributed by atoms with Gasteiger partial charge in [0.2, 0.25) is 0 Å². The summed E-state index contributed by atoms with van der Waals surface area (Å²) in [7, 11) is 2.02. The first-order chi connectivity index (χ1) is 8.70. The number of hydrogen-bond donors (Lipinski definition) is 2. The van der Waals surface area contributed by atoms with Crippen LogP contribution in [0.3, 0.4) is 0 Å². The number of aromatic nitrogens is 2. The first kappa shape index (κ1) is 14.5. The van der Waals surface area contributed by atoms with E-state index < -0.39 is 0 Å². The van der Waals surface area contributed by atoms with Gasteiger partial charge in [-0.05, 0) is 12.8 Å². The maximum atomic E-state index is 6.11. The van der Waals surface area contributed by atoms with Crippen LogP contribution in [0.2, 0.25) is 0 Å². The average Bonchev–Trinajstić information content (AvgIpc) is 2.38. The first-order valence-corrected chi connectivity index (χ1v) is 6.76. The molecule has 0 atom stereocenters. The Balaban J connectivity index is 2.71. The van der Waals surface area contributed by atoms with E-state index in [9.17, 15) is 0 Å². The highest BCUT2D eigenvalue weighted by atomic mass is 15.2. The Morgan fingerprint density at radius 1 is 1.22 bits per heavy atom. The third-order valence-electron chi connectivity index (χ3n) is 2.89. The van der Waals surface area contributed by atoms with Crippen molar-refractivity contribution in [1.82, 2.24) is 9.97 Å². The third-order valence-corrected chi connectivity index (χ3v) is 2.89. The number of unbranched alkanes of at least 4 members (excludes halogenated alkanes) is 2. The molecule has 1 rings (SSSR count). The van der Waals surface area contributed by atoms with Crippen LogP contribution in [0.4, 0.5) is 17.3 Å². The fraction of sp³-hybridized carbons (Fsp3) is 0.692. The van der Waals surface area contributed by atoms with Crippen molar-refractivity contribution in [2.24, 2.45) is 0 Å². The van der Waals surface area contributed by atoms with Crippen LogP contribution < -0.4 is 16.0 Å². The molecule has 3 N–H and O–H groups in total. The van der Waals surface area contributed by atoms with Crippen molar-refractivity contribution in [3.8, 4) is 0 Å². The summed E-state index contributed by atoms with van der Waals surface area (Å²) >= 11 is 0. The predicted molar refractivity (Wildman–Crippen MR) is 78.0 cm³/mol. The lowest BCUT2D eigenvalue weighted by atomic mass is 10.3. The van der Waals surface area contributed by atoms with E-state index in [0.717, 1.165) is 50.4 Å². The summed E-state index contributed by atoms with van der Waals surface area (Å²) in [5.41, 5.74) is 6.75. The lowest BCUT2D eigenvalue weighted by Crippen LogP contribution is -2.22. The van der Waals surface area contributed by atoms with Crippen LogP contribution in [-0.2, 0) is 0 Å². The predicted octanol–water partition coefficient (Wildman–Crippen LogP) is 2.51. The van der Waals surface area contributed by atoms with Gasteiger partial charge in [0.15, 0.2) is 11.6 Å². The van der Waals surface area contributed by atoms with Gasteiger partial charge >= 0.3 is 0 Å². The van der Waals surface area contributed by atoms with Crippen LogP contribution in [0, 0.1) is 0 Å². The Hall–Kier alpha value is -1.52. The quantitative estimate of drug-likeness (QED) is 0.695. The second-order valence-corrected chi connectivity index (χ2v) is 4.51. The van der Waals surface area contributed by atoms with E-state index in [0.29, 0.717) is 5.69 Å². The largest absolute Gasteiger partial charge is 0.393 e. The van der Waals surface area contributed by atoms with Gasteiger partial charge in [0, 0.05) is 20.1 Å². The number of rotatable bonds is 8. The van der Waals surface area contributed by atoms with Gasteiger partial charge in [-0.3, -0.25) is 0 Å². The Morgan fingerprint density at radius 3 is 2.61 bits per heavy atom. The topological polar surface area (TPSA) is 67.1 Å². The van der Waals surface area contributed by atoms with Crippen molar-refractivity contribution >= 4 is 17.3 Å². The van der Waals surface area contributed by atoms with Gasteiger partial charge < -0.3 is 16.0 Å². The minimum atomic E-state index is 0.646. The monoisotopic (exact) mass is 251 g/mol. The molecular weight excluding hydrogens is 226 g/mol. The van der Waals surface area contributed by atoms with Gasteiger partial charge in [0.05, 0.1) is 0 Å². The van der Waals surface area contributed by atoms with Gasteiger partial charge in [-0.25, -0.2) is 9.97 Å². The summed E-state index contributed by atoms with van der Waals surface area (Å²) in [5.74, 6) is 1.56. The van der Waals surface area contributed by atoms with Gasteiger partial charge in [0.25, 0.3) is 0 Å². The number of nitrogen functional groups attached to an aromatic ring is 1. The maximum absolute atomic E-state index is 6.11. The molecule has 0 saturated carbocycles. The molecule has 0 aromatic carbocycles. The molecule has 0 aliphatic rings. The van der Waals surface area contributed by atoms with Gasteiger partial charge in [-0.2, -0.15) is 0 Å². The molecule has 0 amide bonds. The SMILES string of the molecule is CCCCNc1ncnc(N(C)CCCC)c1N. The first-order valence-electron chi connectivity index (χ1n) is 6.76. The average molecular weight is 251 g/mol. The highest BCUT2D eigenvalue weighted by molar-refractivity contribution is 5.74. The van der Waals surface area contributed by atoms with Crippen molar-refractivity contribution in [3.05, 3.63) is 6.33 Å².